The molecule has 0 aromatic heterocycles. The van der Waals surface area contributed by atoms with Gasteiger partial charge in [0.2, 0.25) is 23.6 Å². The van der Waals surface area contributed by atoms with Gasteiger partial charge in [-0.2, -0.15) is 0 Å². The Morgan fingerprint density at radius 3 is 1.13 bits per heavy atom. The van der Waals surface area contributed by atoms with Gasteiger partial charge < -0.3 is 9.47 Å². The molecule has 4 heterocycles. The standard InChI is InChI=1S/C55H44N4O10S2/c1-68-44-30-40-38-17-9-11-19-42(38)58(70(64,65)36-13-5-3-6-14-36)50(40)48-46(44)52(60)56(54(48)62)34-25-21-32(22-26-34)29-33-23-27-35(28-24-33)57-53(61)47-45(69-2)31-41-39-18-10-12-20-43(39)59(51(41)49(47)55(57)63)71(66,67)37-15-7-4-8-16-37/h3-28,30-31,44-51H,29H2,1-2H3/t44-,45-,46-,47-,48-,49-,50+,51+/m0/s1. The van der Waals surface area contributed by atoms with Crippen molar-refractivity contribution in [2.45, 2.75) is 40.5 Å². The van der Waals surface area contributed by atoms with Gasteiger partial charge in [-0.15, -0.1) is 0 Å². The molecular formula is C55H44N4O10S2. The summed E-state index contributed by atoms with van der Waals surface area (Å²) in [4.78, 5) is 60.8. The lowest BCUT2D eigenvalue weighted by molar-refractivity contribution is -0.125. The zero-order valence-electron chi connectivity index (χ0n) is 38.2. The summed E-state index contributed by atoms with van der Waals surface area (Å²) in [5, 5.41) is 0. The minimum Gasteiger partial charge on any atom is -0.377 e. The van der Waals surface area contributed by atoms with E-state index in [-0.39, 0.29) is 9.79 Å². The van der Waals surface area contributed by atoms with Crippen LogP contribution in [0.4, 0.5) is 22.7 Å². The highest BCUT2D eigenvalue weighted by Gasteiger charge is 2.64. The summed E-state index contributed by atoms with van der Waals surface area (Å²) in [6.07, 6.45) is 2.39. The second kappa shape index (κ2) is 16.6. The topological polar surface area (TPSA) is 168 Å². The monoisotopic (exact) mass is 984 g/mol. The van der Waals surface area contributed by atoms with E-state index in [0.29, 0.717) is 51.4 Å². The van der Waals surface area contributed by atoms with E-state index in [9.17, 15) is 36.0 Å². The molecule has 16 heteroatoms. The SMILES string of the molecule is CO[C@H]1C=C2c3ccccc3N(S(=O)(=O)c3ccccc3)[C@H]2[C@H]2C(=O)N(c3ccc(Cc4ccc(N5C(=O)[C@@H]6[C@H](C5=O)[C@H]5C(=C[C@@H]6OC)c6ccccc6N5S(=O)(=O)c5ccccc5)cc4)cc3)C(=O)[C@H]21. The van der Waals surface area contributed by atoms with Crippen molar-refractivity contribution < 1.29 is 45.5 Å². The van der Waals surface area contributed by atoms with E-state index in [1.807, 2.05) is 48.5 Å². The molecule has 6 aliphatic rings. The molecule has 0 spiro atoms. The van der Waals surface area contributed by atoms with Crippen LogP contribution in [0.5, 0.6) is 0 Å². The number of imide groups is 2. The second-order valence-electron chi connectivity index (χ2n) is 18.4. The number of fused-ring (bicyclic) bond motifs is 10. The van der Waals surface area contributed by atoms with Crippen LogP contribution in [0.25, 0.3) is 11.1 Å². The van der Waals surface area contributed by atoms with Crippen molar-refractivity contribution in [1.29, 1.82) is 0 Å². The Morgan fingerprint density at radius 2 is 0.761 bits per heavy atom. The van der Waals surface area contributed by atoms with Gasteiger partial charge in [-0.1, -0.05) is 97.1 Å². The molecule has 8 atom stereocenters. The molecule has 2 saturated heterocycles. The average molecular weight is 985 g/mol. The van der Waals surface area contributed by atoms with Gasteiger partial charge in [0.25, 0.3) is 20.0 Å². The first kappa shape index (κ1) is 44.7. The van der Waals surface area contributed by atoms with Gasteiger partial charge in [0.05, 0.1) is 80.5 Å². The van der Waals surface area contributed by atoms with Gasteiger partial charge >= 0.3 is 0 Å². The van der Waals surface area contributed by atoms with Crippen molar-refractivity contribution in [2.75, 3.05) is 32.6 Å². The predicted octanol–water partition coefficient (Wildman–Crippen LogP) is 6.87. The van der Waals surface area contributed by atoms with E-state index in [4.69, 9.17) is 9.47 Å². The maximum absolute atomic E-state index is 14.7. The number of amides is 4. The molecule has 6 aromatic rings. The van der Waals surface area contributed by atoms with Crippen molar-refractivity contribution in [3.05, 3.63) is 192 Å². The summed E-state index contributed by atoms with van der Waals surface area (Å²) in [5.74, 6) is -6.18. The number of ether oxygens (including phenoxy) is 2. The molecule has 2 fully saturated rings. The lowest BCUT2D eigenvalue weighted by Crippen LogP contribution is -2.50. The summed E-state index contributed by atoms with van der Waals surface area (Å²) in [5.41, 5.74) is 5.71. The van der Waals surface area contributed by atoms with Crippen LogP contribution in [0.2, 0.25) is 0 Å². The molecule has 4 aliphatic heterocycles. The molecule has 356 valence electrons. The predicted molar refractivity (Wildman–Crippen MR) is 265 cm³/mol. The molecule has 0 saturated carbocycles. The number of methoxy groups -OCH3 is 2. The molecule has 0 bridgehead atoms. The van der Waals surface area contributed by atoms with Crippen LogP contribution < -0.4 is 18.4 Å². The highest BCUT2D eigenvalue weighted by atomic mass is 32.2. The number of para-hydroxylation sites is 2. The molecular weight excluding hydrogens is 941 g/mol. The molecule has 12 rings (SSSR count). The van der Waals surface area contributed by atoms with Crippen LogP contribution in [0, 0.1) is 23.7 Å². The van der Waals surface area contributed by atoms with E-state index in [1.54, 1.807) is 97.1 Å². The minimum absolute atomic E-state index is 0.0635. The van der Waals surface area contributed by atoms with Crippen LogP contribution >= 0.6 is 0 Å². The number of anilines is 4. The largest absolute Gasteiger partial charge is 0.377 e. The van der Waals surface area contributed by atoms with Gasteiger partial charge in [0, 0.05) is 25.3 Å². The Kier molecular flexibility index (Phi) is 10.4. The summed E-state index contributed by atoms with van der Waals surface area (Å²) in [7, 11) is -5.43. The van der Waals surface area contributed by atoms with Gasteiger partial charge in [0.1, 0.15) is 0 Å². The van der Waals surface area contributed by atoms with E-state index < -0.39 is 91.6 Å². The quantitative estimate of drug-likeness (QED) is 0.132. The fourth-order valence-corrected chi connectivity index (χ4v) is 15.1. The maximum atomic E-state index is 14.7. The Balaban J connectivity index is 0.801. The smallest absolute Gasteiger partial charge is 0.264 e. The molecule has 4 amide bonds. The maximum Gasteiger partial charge on any atom is 0.264 e. The summed E-state index contributed by atoms with van der Waals surface area (Å²) in [6, 6.07) is 42.3. The van der Waals surface area contributed by atoms with E-state index in [0.717, 1.165) is 20.9 Å². The number of rotatable bonds is 10. The zero-order chi connectivity index (χ0) is 49.1. The normalized spacial score (nSPS) is 25.3. The highest BCUT2D eigenvalue weighted by molar-refractivity contribution is 7.93. The number of sulfonamides is 2. The molecule has 0 radical (unpaired) electrons. The van der Waals surface area contributed by atoms with E-state index in [2.05, 4.69) is 0 Å². The van der Waals surface area contributed by atoms with Gasteiger partial charge in [0.15, 0.2) is 0 Å². The minimum atomic E-state index is -4.19. The van der Waals surface area contributed by atoms with Gasteiger partial charge in [-0.3, -0.25) is 27.8 Å². The van der Waals surface area contributed by atoms with Crippen LogP contribution in [0.3, 0.4) is 0 Å². The zero-order valence-corrected chi connectivity index (χ0v) is 39.8. The summed E-state index contributed by atoms with van der Waals surface area (Å²) < 4.78 is 72.1. The van der Waals surface area contributed by atoms with Crippen LogP contribution in [-0.2, 0) is 55.1 Å². The van der Waals surface area contributed by atoms with Crippen LogP contribution in [0.1, 0.15) is 22.3 Å². The molecule has 0 unspecified atom stereocenters. The fraction of sp³-hybridized carbons (Fsp3) is 0.200. The third-order valence-corrected chi connectivity index (χ3v) is 18.5. The van der Waals surface area contributed by atoms with E-state index in [1.165, 1.54) is 47.1 Å². The first-order valence-electron chi connectivity index (χ1n) is 23.2. The van der Waals surface area contributed by atoms with Crippen LogP contribution in [-0.4, -0.2) is 79.0 Å². The number of benzene rings is 6. The average Bonchev–Trinajstić information content (AvgIpc) is 4.08. The number of carbonyl (C=O) groups excluding carboxylic acids is 4. The number of carbonyl (C=O) groups is 4. The van der Waals surface area contributed by atoms with Crippen molar-refractivity contribution in [2.24, 2.45) is 23.7 Å². The molecule has 6 aromatic carbocycles. The first-order chi connectivity index (χ1) is 34.3. The third-order valence-electron chi connectivity index (χ3n) is 14.9. The molecule has 71 heavy (non-hydrogen) atoms. The molecule has 14 nitrogen and oxygen atoms in total. The number of hydrogen-bond acceptors (Lipinski definition) is 10. The number of hydrogen-bond donors (Lipinski definition) is 0. The number of nitrogens with zero attached hydrogens (tertiary/aromatic N) is 4. The van der Waals surface area contributed by atoms with Crippen molar-refractivity contribution in [1.82, 2.24) is 0 Å². The third kappa shape index (κ3) is 6.58. The van der Waals surface area contributed by atoms with Crippen molar-refractivity contribution >= 4 is 77.6 Å². The fourth-order valence-electron chi connectivity index (χ4n) is 11.8. The van der Waals surface area contributed by atoms with Crippen molar-refractivity contribution in [3.63, 3.8) is 0 Å². The van der Waals surface area contributed by atoms with E-state index >= 15 is 0 Å². The Hall–Kier alpha value is -7.50. The highest BCUT2D eigenvalue weighted by Crippen LogP contribution is 2.55. The Bertz CT molecular complexity index is 3280. The summed E-state index contributed by atoms with van der Waals surface area (Å²) in [6.45, 7) is 0. The molecule has 0 N–H and O–H groups in total. The summed E-state index contributed by atoms with van der Waals surface area (Å²) >= 11 is 0. The van der Waals surface area contributed by atoms with Gasteiger partial charge in [-0.25, -0.2) is 26.6 Å². The second-order valence-corrected chi connectivity index (χ2v) is 22.1. The lowest BCUT2D eigenvalue weighted by Gasteiger charge is -2.37. The Labute approximate surface area is 410 Å². The van der Waals surface area contributed by atoms with Crippen LogP contribution in [0.15, 0.2) is 180 Å². The first-order valence-corrected chi connectivity index (χ1v) is 26.0. The van der Waals surface area contributed by atoms with Gasteiger partial charge in [-0.05, 0) is 102 Å². The van der Waals surface area contributed by atoms with Crippen molar-refractivity contribution in [3.8, 4) is 0 Å². The Morgan fingerprint density at radius 1 is 0.423 bits per heavy atom. The lowest BCUT2D eigenvalue weighted by atomic mass is 9.75. The molecule has 2 aliphatic carbocycles.